The predicted molar refractivity (Wildman–Crippen MR) is 129 cm³/mol. The lowest BCUT2D eigenvalue weighted by atomic mass is 10.2. The third-order valence-electron chi connectivity index (χ3n) is 5.40. The van der Waals surface area contributed by atoms with Crippen LogP contribution in [0, 0.1) is 6.92 Å². The average molecular weight is 473 g/mol. The normalized spacial score (nSPS) is 11.7. The van der Waals surface area contributed by atoms with Crippen molar-refractivity contribution < 1.29 is 17.6 Å². The van der Waals surface area contributed by atoms with Crippen LogP contribution < -0.4 is 5.32 Å². The summed E-state index contributed by atoms with van der Waals surface area (Å²) in [4.78, 5) is 22.2. The number of hydrogen-bond donors (Lipinski definition) is 1. The van der Waals surface area contributed by atoms with E-state index in [4.69, 9.17) is 4.42 Å². The fourth-order valence-electron chi connectivity index (χ4n) is 3.77. The zero-order valence-electron chi connectivity index (χ0n) is 18.2. The molecule has 0 saturated carbocycles. The molecular formula is C25H20N4O4S. The third-order valence-corrected chi connectivity index (χ3v) is 7.21. The van der Waals surface area contributed by atoms with Crippen LogP contribution in [-0.4, -0.2) is 28.9 Å². The third kappa shape index (κ3) is 3.56. The van der Waals surface area contributed by atoms with E-state index >= 15 is 0 Å². The number of benzene rings is 2. The number of sulfone groups is 1. The Balaban J connectivity index is 1.85. The lowest BCUT2D eigenvalue weighted by molar-refractivity contribution is 0.0995. The van der Waals surface area contributed by atoms with Gasteiger partial charge in [0.1, 0.15) is 16.2 Å². The van der Waals surface area contributed by atoms with Crippen LogP contribution in [0.4, 0.5) is 5.82 Å². The maximum absolute atomic E-state index is 13.9. The number of carbonyl (C=O) groups is 1. The first kappa shape index (κ1) is 21.6. The van der Waals surface area contributed by atoms with E-state index in [1.165, 1.54) is 24.5 Å². The maximum atomic E-state index is 13.9. The van der Waals surface area contributed by atoms with Gasteiger partial charge in [0.2, 0.25) is 9.84 Å². The molecule has 0 unspecified atom stereocenters. The molecular weight excluding hydrogens is 452 g/mol. The van der Waals surface area contributed by atoms with Gasteiger partial charge in [-0.25, -0.2) is 18.4 Å². The number of aryl methyl sites for hydroxylation is 1. The second kappa shape index (κ2) is 8.27. The minimum atomic E-state index is -4.10. The Bertz CT molecular complexity index is 1650. The molecule has 170 valence electrons. The molecule has 5 rings (SSSR count). The highest BCUT2D eigenvalue weighted by Crippen LogP contribution is 2.37. The van der Waals surface area contributed by atoms with Gasteiger partial charge < -0.3 is 14.3 Å². The van der Waals surface area contributed by atoms with Crippen LogP contribution in [0.15, 0.2) is 93.8 Å². The highest BCUT2D eigenvalue weighted by Gasteiger charge is 2.32. The van der Waals surface area contributed by atoms with Gasteiger partial charge in [-0.05, 0) is 43.3 Å². The number of rotatable bonds is 6. The second-order valence-corrected chi connectivity index (χ2v) is 9.60. The Morgan fingerprint density at radius 3 is 2.41 bits per heavy atom. The van der Waals surface area contributed by atoms with E-state index in [2.05, 4.69) is 21.9 Å². The van der Waals surface area contributed by atoms with Crippen molar-refractivity contribution in [2.45, 2.75) is 23.3 Å². The van der Waals surface area contributed by atoms with Crippen molar-refractivity contribution in [1.29, 1.82) is 0 Å². The van der Waals surface area contributed by atoms with Crippen LogP contribution in [0.2, 0.25) is 0 Å². The van der Waals surface area contributed by atoms with Crippen molar-refractivity contribution in [2.24, 2.45) is 0 Å². The number of furan rings is 1. The Labute approximate surface area is 195 Å². The number of aromatic nitrogens is 3. The Morgan fingerprint density at radius 1 is 1.06 bits per heavy atom. The zero-order valence-corrected chi connectivity index (χ0v) is 19.0. The number of hydrogen-bond acceptors (Lipinski definition) is 6. The average Bonchev–Trinajstić information content (AvgIpc) is 3.46. The van der Waals surface area contributed by atoms with E-state index in [1.807, 2.05) is 13.0 Å². The first-order valence-electron chi connectivity index (χ1n) is 10.5. The summed E-state index contributed by atoms with van der Waals surface area (Å²) in [6.45, 7) is 5.85. The number of carbonyl (C=O) groups excluding carboxylic acids is 1. The summed E-state index contributed by atoms with van der Waals surface area (Å²) in [6.07, 6.45) is 2.97. The molecule has 0 saturated heterocycles. The first-order chi connectivity index (χ1) is 16.4. The van der Waals surface area contributed by atoms with Crippen molar-refractivity contribution in [2.75, 3.05) is 5.32 Å². The van der Waals surface area contributed by atoms with Gasteiger partial charge in [-0.2, -0.15) is 0 Å². The molecule has 0 radical (unpaired) electrons. The minimum Gasteiger partial charge on any atom is -0.459 e. The van der Waals surface area contributed by atoms with Crippen molar-refractivity contribution in [3.8, 4) is 0 Å². The molecule has 2 aromatic carbocycles. The van der Waals surface area contributed by atoms with Crippen LogP contribution in [-0.2, 0) is 16.4 Å². The topological polar surface area (TPSA) is 107 Å². The summed E-state index contributed by atoms with van der Waals surface area (Å²) in [5.41, 5.74) is 2.54. The first-order valence-corrected chi connectivity index (χ1v) is 11.9. The number of nitrogens with one attached hydrogen (secondary N) is 1. The van der Waals surface area contributed by atoms with Gasteiger partial charge in [0.15, 0.2) is 11.4 Å². The van der Waals surface area contributed by atoms with Crippen LogP contribution >= 0.6 is 0 Å². The molecule has 1 amide bonds. The quantitative estimate of drug-likeness (QED) is 0.357. The molecule has 9 heteroatoms. The van der Waals surface area contributed by atoms with Gasteiger partial charge in [0.25, 0.3) is 5.91 Å². The van der Waals surface area contributed by atoms with Gasteiger partial charge in [-0.15, -0.1) is 6.58 Å². The van der Waals surface area contributed by atoms with Crippen molar-refractivity contribution in [3.05, 3.63) is 90.9 Å². The molecule has 0 fully saturated rings. The second-order valence-electron chi connectivity index (χ2n) is 7.71. The lowest BCUT2D eigenvalue weighted by Gasteiger charge is -2.11. The fourth-order valence-corrected chi connectivity index (χ4v) is 5.31. The minimum absolute atomic E-state index is 0.0418. The lowest BCUT2D eigenvalue weighted by Crippen LogP contribution is -2.17. The highest BCUT2D eigenvalue weighted by molar-refractivity contribution is 7.92. The number of amides is 1. The van der Waals surface area contributed by atoms with E-state index < -0.39 is 15.7 Å². The van der Waals surface area contributed by atoms with E-state index in [0.29, 0.717) is 16.7 Å². The smallest absolute Gasteiger partial charge is 0.292 e. The van der Waals surface area contributed by atoms with Crippen LogP contribution in [0.25, 0.3) is 22.2 Å². The highest BCUT2D eigenvalue weighted by atomic mass is 32.2. The van der Waals surface area contributed by atoms with Gasteiger partial charge in [-0.1, -0.05) is 35.9 Å². The fraction of sp³-hybridized carbons (Fsp3) is 0.0800. The molecule has 0 aliphatic carbocycles. The summed E-state index contributed by atoms with van der Waals surface area (Å²) in [6, 6.07) is 16.8. The van der Waals surface area contributed by atoms with Crippen LogP contribution in [0.5, 0.6) is 0 Å². The molecule has 3 heterocycles. The molecule has 5 aromatic rings. The van der Waals surface area contributed by atoms with E-state index in [1.54, 1.807) is 47.0 Å². The maximum Gasteiger partial charge on any atom is 0.292 e. The molecule has 0 spiro atoms. The molecule has 1 N–H and O–H groups in total. The van der Waals surface area contributed by atoms with Gasteiger partial charge >= 0.3 is 0 Å². The number of nitrogens with zero attached hydrogens (tertiary/aromatic N) is 3. The Morgan fingerprint density at radius 2 is 1.76 bits per heavy atom. The van der Waals surface area contributed by atoms with Crippen molar-refractivity contribution in [3.63, 3.8) is 0 Å². The molecule has 0 aliphatic rings. The van der Waals surface area contributed by atoms with Crippen LogP contribution in [0.1, 0.15) is 16.1 Å². The summed E-state index contributed by atoms with van der Waals surface area (Å²) >= 11 is 0. The van der Waals surface area contributed by atoms with Gasteiger partial charge in [0, 0.05) is 6.54 Å². The van der Waals surface area contributed by atoms with Crippen molar-refractivity contribution >= 4 is 43.8 Å². The van der Waals surface area contributed by atoms with Crippen LogP contribution in [0.3, 0.4) is 0 Å². The summed E-state index contributed by atoms with van der Waals surface area (Å²) in [5, 5.41) is 2.72. The van der Waals surface area contributed by atoms with Gasteiger partial charge in [0.05, 0.1) is 22.2 Å². The van der Waals surface area contributed by atoms with E-state index in [0.717, 1.165) is 5.56 Å². The molecule has 0 bridgehead atoms. The summed E-state index contributed by atoms with van der Waals surface area (Å²) < 4.78 is 34.6. The summed E-state index contributed by atoms with van der Waals surface area (Å²) in [5.74, 6) is -0.504. The molecule has 8 nitrogen and oxygen atoms in total. The number of para-hydroxylation sites is 2. The Hall–Kier alpha value is -4.24. The van der Waals surface area contributed by atoms with E-state index in [9.17, 15) is 13.2 Å². The van der Waals surface area contributed by atoms with E-state index in [-0.39, 0.29) is 33.4 Å². The summed E-state index contributed by atoms with van der Waals surface area (Å²) in [7, 11) is -4.10. The SMILES string of the molecule is C=CCn1c(NC(=O)c2ccco2)c(S(=O)(=O)c2ccc(C)cc2)c2nc3ccccc3nc21. The predicted octanol–water partition coefficient (Wildman–Crippen LogP) is 4.76. The monoisotopic (exact) mass is 472 g/mol. The molecule has 0 aliphatic heterocycles. The Kier molecular flexibility index (Phi) is 5.25. The molecule has 3 aromatic heterocycles. The largest absolute Gasteiger partial charge is 0.459 e. The number of anilines is 1. The molecule has 34 heavy (non-hydrogen) atoms. The molecule has 0 atom stereocenters. The van der Waals surface area contributed by atoms with Crippen molar-refractivity contribution in [1.82, 2.24) is 14.5 Å². The van der Waals surface area contributed by atoms with Gasteiger partial charge in [-0.3, -0.25) is 4.79 Å². The standard InChI is InChI=1S/C25H20N4O4S/c1-3-14-29-23-21(26-18-7-4-5-8-19(18)27-23)22(24(29)28-25(30)20-9-6-15-33-20)34(31,32)17-12-10-16(2)11-13-17/h3-13,15H,1,14H2,2H3,(H,28,30). The number of fused-ring (bicyclic) bond motifs is 2. The zero-order chi connectivity index (χ0) is 23.9. The number of allylic oxidation sites excluding steroid dienone is 1.